The molecule has 110 valence electrons. The van der Waals surface area contributed by atoms with Gasteiger partial charge < -0.3 is 15.7 Å². The van der Waals surface area contributed by atoms with Crippen LogP contribution in [0.2, 0.25) is 0 Å². The molecule has 7 nitrogen and oxygen atoms in total. The van der Waals surface area contributed by atoms with E-state index in [9.17, 15) is 23.1 Å². The lowest BCUT2D eigenvalue weighted by Crippen LogP contribution is -2.50. The number of carboxylic acids is 1. The maximum absolute atomic E-state index is 11.6. The third-order valence-corrected chi connectivity index (χ3v) is 4.46. The van der Waals surface area contributed by atoms with Gasteiger partial charge in [-0.3, -0.25) is 4.79 Å². The van der Waals surface area contributed by atoms with Gasteiger partial charge >= 0.3 is 12.0 Å². The number of urea groups is 1. The Kier molecular flexibility index (Phi) is 4.78. The van der Waals surface area contributed by atoms with E-state index in [0.29, 0.717) is 12.8 Å². The number of hydrogen-bond acceptors (Lipinski definition) is 4. The van der Waals surface area contributed by atoms with Crippen molar-refractivity contribution >= 4 is 21.8 Å². The number of carbonyl (C=O) groups is 2. The summed E-state index contributed by atoms with van der Waals surface area (Å²) in [6, 6.07) is -0.953. The molecule has 0 heterocycles. The SMILES string of the molecule is CC1(C(=O)O)CCCC1NC(=O)NCCS(C)(=O)=O. The van der Waals surface area contributed by atoms with Crippen LogP contribution in [-0.2, 0) is 14.6 Å². The van der Waals surface area contributed by atoms with Gasteiger partial charge in [0.15, 0.2) is 0 Å². The molecule has 0 radical (unpaired) electrons. The van der Waals surface area contributed by atoms with Crippen LogP contribution < -0.4 is 10.6 Å². The summed E-state index contributed by atoms with van der Waals surface area (Å²) in [5.74, 6) is -1.06. The molecule has 2 unspecified atom stereocenters. The molecule has 1 fully saturated rings. The van der Waals surface area contributed by atoms with Crippen LogP contribution in [0.25, 0.3) is 0 Å². The molecule has 0 aromatic carbocycles. The van der Waals surface area contributed by atoms with Gasteiger partial charge in [-0.05, 0) is 19.8 Å². The van der Waals surface area contributed by atoms with Gasteiger partial charge in [0, 0.05) is 18.8 Å². The summed E-state index contributed by atoms with van der Waals surface area (Å²) in [4.78, 5) is 22.8. The van der Waals surface area contributed by atoms with E-state index in [2.05, 4.69) is 10.6 Å². The molecule has 0 aromatic heterocycles. The number of hydrogen-bond donors (Lipinski definition) is 3. The fraction of sp³-hybridized carbons (Fsp3) is 0.818. The molecule has 19 heavy (non-hydrogen) atoms. The van der Waals surface area contributed by atoms with E-state index in [1.54, 1.807) is 6.92 Å². The molecule has 3 N–H and O–H groups in total. The zero-order valence-corrected chi connectivity index (χ0v) is 11.9. The highest BCUT2D eigenvalue weighted by Crippen LogP contribution is 2.38. The molecule has 1 aliphatic rings. The minimum Gasteiger partial charge on any atom is -0.481 e. The molecular formula is C11H20N2O5S. The molecule has 2 atom stereocenters. The Balaban J connectivity index is 2.46. The normalized spacial score (nSPS) is 26.9. The summed E-state index contributed by atoms with van der Waals surface area (Å²) in [6.07, 6.45) is 2.97. The van der Waals surface area contributed by atoms with Crippen molar-refractivity contribution in [2.45, 2.75) is 32.2 Å². The number of amides is 2. The fourth-order valence-electron chi connectivity index (χ4n) is 2.21. The average molecular weight is 292 g/mol. The second kappa shape index (κ2) is 5.77. The van der Waals surface area contributed by atoms with Crippen molar-refractivity contribution in [2.24, 2.45) is 5.41 Å². The summed E-state index contributed by atoms with van der Waals surface area (Å²) in [5.41, 5.74) is -0.950. The Morgan fingerprint density at radius 1 is 1.42 bits per heavy atom. The second-order valence-electron chi connectivity index (χ2n) is 5.20. The van der Waals surface area contributed by atoms with Crippen molar-refractivity contribution in [1.29, 1.82) is 0 Å². The lowest BCUT2D eigenvalue weighted by atomic mass is 9.85. The first kappa shape index (κ1) is 15.7. The zero-order valence-electron chi connectivity index (χ0n) is 11.1. The molecule has 0 aromatic rings. The second-order valence-corrected chi connectivity index (χ2v) is 7.46. The maximum Gasteiger partial charge on any atom is 0.315 e. The Labute approximate surface area is 112 Å². The van der Waals surface area contributed by atoms with Crippen LogP contribution in [0.5, 0.6) is 0 Å². The number of nitrogens with one attached hydrogen (secondary N) is 2. The number of carbonyl (C=O) groups excluding carboxylic acids is 1. The monoisotopic (exact) mass is 292 g/mol. The van der Waals surface area contributed by atoms with Crippen LogP contribution in [0.1, 0.15) is 26.2 Å². The van der Waals surface area contributed by atoms with Gasteiger partial charge in [0.2, 0.25) is 0 Å². The molecule has 0 spiro atoms. The Morgan fingerprint density at radius 3 is 2.58 bits per heavy atom. The van der Waals surface area contributed by atoms with Crippen molar-refractivity contribution in [2.75, 3.05) is 18.6 Å². The topological polar surface area (TPSA) is 113 Å². The van der Waals surface area contributed by atoms with E-state index >= 15 is 0 Å². The lowest BCUT2D eigenvalue weighted by molar-refractivity contribution is -0.148. The number of rotatable bonds is 5. The minimum atomic E-state index is -3.12. The maximum atomic E-state index is 11.6. The highest BCUT2D eigenvalue weighted by atomic mass is 32.2. The first-order chi connectivity index (χ1) is 8.65. The molecule has 1 aliphatic carbocycles. The van der Waals surface area contributed by atoms with Gasteiger partial charge in [-0.15, -0.1) is 0 Å². The van der Waals surface area contributed by atoms with Crippen LogP contribution in [0.15, 0.2) is 0 Å². The van der Waals surface area contributed by atoms with E-state index in [1.807, 2.05) is 0 Å². The first-order valence-corrected chi connectivity index (χ1v) is 8.17. The number of aliphatic carboxylic acids is 1. The van der Waals surface area contributed by atoms with Crippen LogP contribution in [0.3, 0.4) is 0 Å². The van der Waals surface area contributed by atoms with E-state index < -0.39 is 33.3 Å². The van der Waals surface area contributed by atoms with Crippen molar-refractivity contribution in [3.05, 3.63) is 0 Å². The van der Waals surface area contributed by atoms with Gasteiger partial charge in [-0.25, -0.2) is 13.2 Å². The summed E-state index contributed by atoms with van der Waals surface area (Å²) in [6.45, 7) is 1.63. The molecule has 1 rings (SSSR count). The Bertz CT molecular complexity index is 462. The molecule has 0 saturated heterocycles. The van der Waals surface area contributed by atoms with Crippen molar-refractivity contribution in [1.82, 2.24) is 10.6 Å². The number of sulfone groups is 1. The summed E-state index contributed by atoms with van der Waals surface area (Å²) < 4.78 is 21.8. The molecular weight excluding hydrogens is 272 g/mol. The smallest absolute Gasteiger partial charge is 0.315 e. The van der Waals surface area contributed by atoms with E-state index in [1.165, 1.54) is 0 Å². The molecule has 1 saturated carbocycles. The van der Waals surface area contributed by atoms with Gasteiger partial charge in [0.05, 0.1) is 11.2 Å². The van der Waals surface area contributed by atoms with Crippen LogP contribution in [0, 0.1) is 5.41 Å². The Hall–Kier alpha value is -1.31. The van der Waals surface area contributed by atoms with Crippen LogP contribution in [-0.4, -0.2) is 50.1 Å². The van der Waals surface area contributed by atoms with Crippen LogP contribution >= 0.6 is 0 Å². The quantitative estimate of drug-likeness (QED) is 0.659. The average Bonchev–Trinajstić information content (AvgIpc) is 2.59. The van der Waals surface area contributed by atoms with Gasteiger partial charge in [0.25, 0.3) is 0 Å². The summed E-state index contributed by atoms with van der Waals surface area (Å²) >= 11 is 0. The standard InChI is InChI=1S/C11H20N2O5S/c1-11(9(14)15)5-3-4-8(11)13-10(16)12-6-7-19(2,17)18/h8H,3-7H2,1-2H3,(H,14,15)(H2,12,13,16). The van der Waals surface area contributed by atoms with Crippen molar-refractivity contribution in [3.8, 4) is 0 Å². The Morgan fingerprint density at radius 2 is 2.05 bits per heavy atom. The van der Waals surface area contributed by atoms with Crippen molar-refractivity contribution < 1.29 is 23.1 Å². The third-order valence-electron chi connectivity index (χ3n) is 3.51. The molecule has 0 aliphatic heterocycles. The van der Waals surface area contributed by atoms with Crippen LogP contribution in [0.4, 0.5) is 4.79 Å². The van der Waals surface area contributed by atoms with E-state index in [0.717, 1.165) is 12.7 Å². The van der Waals surface area contributed by atoms with Gasteiger partial charge in [-0.2, -0.15) is 0 Å². The third kappa shape index (κ3) is 4.38. The predicted molar refractivity (Wildman–Crippen MR) is 69.6 cm³/mol. The minimum absolute atomic E-state index is 0.0151. The molecule has 0 bridgehead atoms. The highest BCUT2D eigenvalue weighted by molar-refractivity contribution is 7.90. The highest BCUT2D eigenvalue weighted by Gasteiger charge is 2.45. The van der Waals surface area contributed by atoms with Gasteiger partial charge in [-0.1, -0.05) is 6.42 Å². The largest absolute Gasteiger partial charge is 0.481 e. The van der Waals surface area contributed by atoms with Crippen molar-refractivity contribution in [3.63, 3.8) is 0 Å². The zero-order chi connectivity index (χ0) is 14.7. The molecule has 2 amide bonds. The summed E-state index contributed by atoms with van der Waals surface area (Å²) in [5, 5.41) is 14.2. The summed E-state index contributed by atoms with van der Waals surface area (Å²) in [7, 11) is -3.12. The van der Waals surface area contributed by atoms with E-state index in [-0.39, 0.29) is 12.3 Å². The van der Waals surface area contributed by atoms with E-state index in [4.69, 9.17) is 0 Å². The lowest BCUT2D eigenvalue weighted by Gasteiger charge is -2.27. The number of carboxylic acid groups (broad SMARTS) is 1. The predicted octanol–water partition coefficient (Wildman–Crippen LogP) is -0.0264. The molecule has 8 heteroatoms. The fourth-order valence-corrected chi connectivity index (χ4v) is 2.69. The first-order valence-electron chi connectivity index (χ1n) is 6.10. The van der Waals surface area contributed by atoms with Gasteiger partial charge in [0.1, 0.15) is 9.84 Å².